The second kappa shape index (κ2) is 11.0. The summed E-state index contributed by atoms with van der Waals surface area (Å²) in [6.07, 6.45) is 1.61. The molecule has 11 heteroatoms. The number of non-ortho nitro benzene ring substituents is 1. The highest BCUT2D eigenvalue weighted by molar-refractivity contribution is 8.18. The quantitative estimate of drug-likeness (QED) is 0.176. The number of carbonyl (C=O) groups is 2. The van der Waals surface area contributed by atoms with Crippen LogP contribution in [0.25, 0.3) is 6.08 Å². The van der Waals surface area contributed by atoms with E-state index in [1.165, 1.54) is 19.2 Å². The molecule has 3 aromatic rings. The van der Waals surface area contributed by atoms with Crippen LogP contribution < -0.4 is 9.47 Å². The van der Waals surface area contributed by atoms with Gasteiger partial charge >= 0.3 is 0 Å². The number of amides is 2. The normalized spacial score (nSPS) is 14.4. The number of methoxy groups -OCH3 is 1. The van der Waals surface area contributed by atoms with Crippen LogP contribution in [0.4, 0.5) is 10.5 Å². The topological polar surface area (TPSA) is 99.0 Å². The van der Waals surface area contributed by atoms with Gasteiger partial charge in [-0.2, -0.15) is 0 Å². The lowest BCUT2D eigenvalue weighted by Crippen LogP contribution is -2.27. The molecule has 1 fully saturated rings. The summed E-state index contributed by atoms with van der Waals surface area (Å²) >= 11 is 12.8. The molecule has 0 aromatic heterocycles. The lowest BCUT2D eigenvalue weighted by Gasteiger charge is -2.13. The fraction of sp³-hybridized carbons (Fsp3) is 0.120. The Morgan fingerprint density at radius 3 is 2.36 bits per heavy atom. The standard InChI is InChI=1S/C25H18Cl2N2O6S/c1-34-22-11-16(5-9-21(22)35-14-15-2-6-18(7-3-15)29(32)33)12-23-24(30)28(25(31)36-23)13-17-4-8-19(26)20(27)10-17/h2-12H,13-14H2,1H3/b23-12+. The Kier molecular flexibility index (Phi) is 7.83. The number of carbonyl (C=O) groups excluding carboxylic acids is 2. The molecule has 4 rings (SSSR count). The molecule has 8 nitrogen and oxygen atoms in total. The summed E-state index contributed by atoms with van der Waals surface area (Å²) < 4.78 is 11.2. The molecule has 1 heterocycles. The van der Waals surface area contributed by atoms with Crippen LogP contribution in [-0.4, -0.2) is 28.1 Å². The fourth-order valence-corrected chi connectivity index (χ4v) is 4.54. The van der Waals surface area contributed by atoms with Gasteiger partial charge in [-0.3, -0.25) is 24.6 Å². The summed E-state index contributed by atoms with van der Waals surface area (Å²) in [6.45, 7) is 0.263. The highest BCUT2D eigenvalue weighted by Crippen LogP contribution is 2.36. The second-order valence-electron chi connectivity index (χ2n) is 7.64. The summed E-state index contributed by atoms with van der Waals surface area (Å²) in [5.74, 6) is 0.481. The number of hydrogen-bond donors (Lipinski definition) is 0. The average molecular weight is 545 g/mol. The molecule has 0 N–H and O–H groups in total. The molecule has 1 saturated heterocycles. The summed E-state index contributed by atoms with van der Waals surface area (Å²) in [5.41, 5.74) is 2.09. The van der Waals surface area contributed by atoms with Gasteiger partial charge in [-0.1, -0.05) is 35.3 Å². The van der Waals surface area contributed by atoms with Gasteiger partial charge in [0.15, 0.2) is 11.5 Å². The largest absolute Gasteiger partial charge is 0.493 e. The Labute approximate surface area is 220 Å². The predicted molar refractivity (Wildman–Crippen MR) is 138 cm³/mol. The highest BCUT2D eigenvalue weighted by atomic mass is 35.5. The van der Waals surface area contributed by atoms with Crippen molar-refractivity contribution in [3.8, 4) is 11.5 Å². The first-order chi connectivity index (χ1) is 17.2. The summed E-state index contributed by atoms with van der Waals surface area (Å²) in [7, 11) is 1.49. The molecule has 1 aliphatic rings. The van der Waals surface area contributed by atoms with Gasteiger partial charge in [0.05, 0.1) is 33.5 Å². The van der Waals surface area contributed by atoms with Gasteiger partial charge in [0.2, 0.25) is 0 Å². The zero-order chi connectivity index (χ0) is 25.8. The molecule has 0 saturated carbocycles. The average Bonchev–Trinajstić information content (AvgIpc) is 3.12. The van der Waals surface area contributed by atoms with E-state index < -0.39 is 10.8 Å². The van der Waals surface area contributed by atoms with Crippen LogP contribution in [0.3, 0.4) is 0 Å². The van der Waals surface area contributed by atoms with E-state index in [0.717, 1.165) is 22.2 Å². The number of nitro benzene ring substituents is 1. The van der Waals surface area contributed by atoms with E-state index in [-0.39, 0.29) is 29.0 Å². The minimum atomic E-state index is -0.464. The Bertz CT molecular complexity index is 1380. The third-order valence-electron chi connectivity index (χ3n) is 5.23. The van der Waals surface area contributed by atoms with E-state index >= 15 is 0 Å². The third-order valence-corrected chi connectivity index (χ3v) is 6.87. The van der Waals surface area contributed by atoms with E-state index in [2.05, 4.69) is 0 Å². The van der Waals surface area contributed by atoms with E-state index in [9.17, 15) is 19.7 Å². The van der Waals surface area contributed by atoms with Crippen molar-refractivity contribution in [3.63, 3.8) is 0 Å². The molecule has 2 amide bonds. The van der Waals surface area contributed by atoms with E-state index in [0.29, 0.717) is 32.7 Å². The number of imide groups is 1. The zero-order valence-corrected chi connectivity index (χ0v) is 21.1. The monoisotopic (exact) mass is 544 g/mol. The molecule has 184 valence electrons. The molecule has 0 bridgehead atoms. The van der Waals surface area contributed by atoms with Crippen LogP contribution >= 0.6 is 35.0 Å². The molecule has 0 atom stereocenters. The Morgan fingerprint density at radius 2 is 1.69 bits per heavy atom. The van der Waals surface area contributed by atoms with Gasteiger partial charge in [0.1, 0.15) is 6.61 Å². The van der Waals surface area contributed by atoms with Crippen molar-refractivity contribution in [2.75, 3.05) is 7.11 Å². The van der Waals surface area contributed by atoms with E-state index in [4.69, 9.17) is 32.7 Å². The lowest BCUT2D eigenvalue weighted by atomic mass is 10.1. The maximum absolute atomic E-state index is 12.9. The number of nitro groups is 1. The molecule has 0 spiro atoms. The SMILES string of the molecule is COc1cc(/C=C2/SC(=O)N(Cc3ccc(Cl)c(Cl)c3)C2=O)ccc1OCc1ccc([N+](=O)[O-])cc1. The second-order valence-corrected chi connectivity index (χ2v) is 9.45. The Balaban J connectivity index is 1.46. The number of nitrogens with zero attached hydrogens (tertiary/aromatic N) is 2. The summed E-state index contributed by atoms with van der Waals surface area (Å²) in [4.78, 5) is 37.1. The van der Waals surface area contributed by atoms with Crippen molar-refractivity contribution < 1.29 is 24.0 Å². The molecule has 0 aliphatic carbocycles. The van der Waals surface area contributed by atoms with Gasteiger partial charge in [-0.15, -0.1) is 0 Å². The van der Waals surface area contributed by atoms with E-state index in [1.807, 2.05) is 0 Å². The molecule has 0 unspecified atom stereocenters. The highest BCUT2D eigenvalue weighted by Gasteiger charge is 2.35. The summed E-state index contributed by atoms with van der Waals surface area (Å²) in [6, 6.07) is 16.1. The van der Waals surface area contributed by atoms with Gasteiger partial charge in [0.25, 0.3) is 16.8 Å². The summed E-state index contributed by atoms with van der Waals surface area (Å²) in [5, 5.41) is 11.1. The third kappa shape index (κ3) is 5.81. The van der Waals surface area contributed by atoms with Crippen molar-refractivity contribution in [2.24, 2.45) is 0 Å². The lowest BCUT2D eigenvalue weighted by molar-refractivity contribution is -0.384. The molecule has 3 aromatic carbocycles. The van der Waals surface area contributed by atoms with Gasteiger partial charge < -0.3 is 9.47 Å². The van der Waals surface area contributed by atoms with Crippen molar-refractivity contribution in [1.29, 1.82) is 0 Å². The number of hydrogen-bond acceptors (Lipinski definition) is 7. The van der Waals surface area contributed by atoms with Crippen molar-refractivity contribution in [3.05, 3.63) is 102 Å². The van der Waals surface area contributed by atoms with Crippen LogP contribution in [0.5, 0.6) is 11.5 Å². The number of rotatable bonds is 8. The van der Waals surface area contributed by atoms with Crippen LogP contribution in [0.2, 0.25) is 10.0 Å². The molecular weight excluding hydrogens is 527 g/mol. The van der Waals surface area contributed by atoms with Crippen molar-refractivity contribution in [2.45, 2.75) is 13.2 Å². The zero-order valence-electron chi connectivity index (χ0n) is 18.8. The van der Waals surface area contributed by atoms with Crippen LogP contribution in [0.15, 0.2) is 65.6 Å². The first-order valence-corrected chi connectivity index (χ1v) is 12.1. The predicted octanol–water partition coefficient (Wildman–Crippen LogP) is 6.73. The minimum absolute atomic E-state index is 0.00191. The molecule has 1 aliphatic heterocycles. The number of halogens is 2. The van der Waals surface area contributed by atoms with Gasteiger partial charge in [-0.05, 0) is 70.9 Å². The maximum Gasteiger partial charge on any atom is 0.293 e. The first kappa shape index (κ1) is 25.6. The maximum atomic E-state index is 12.9. The van der Waals surface area contributed by atoms with Crippen LogP contribution in [0.1, 0.15) is 16.7 Å². The van der Waals surface area contributed by atoms with Crippen LogP contribution in [-0.2, 0) is 17.9 Å². The molecule has 36 heavy (non-hydrogen) atoms. The van der Waals surface area contributed by atoms with E-state index in [1.54, 1.807) is 54.6 Å². The van der Waals surface area contributed by atoms with Crippen molar-refractivity contribution >= 4 is 57.9 Å². The van der Waals surface area contributed by atoms with Gasteiger partial charge in [0, 0.05) is 12.1 Å². The first-order valence-electron chi connectivity index (χ1n) is 10.5. The number of thioether (sulfide) groups is 1. The number of benzene rings is 3. The molecule has 0 radical (unpaired) electrons. The fourth-order valence-electron chi connectivity index (χ4n) is 3.38. The van der Waals surface area contributed by atoms with Crippen LogP contribution in [0, 0.1) is 10.1 Å². The molecular formula is C25H18Cl2N2O6S. The smallest absolute Gasteiger partial charge is 0.293 e. The van der Waals surface area contributed by atoms with Gasteiger partial charge in [-0.25, -0.2) is 0 Å². The Morgan fingerprint density at radius 1 is 0.972 bits per heavy atom. The van der Waals surface area contributed by atoms with Crippen molar-refractivity contribution in [1.82, 2.24) is 4.90 Å². The minimum Gasteiger partial charge on any atom is -0.493 e. The Hall–Kier alpha value is -3.53. The number of ether oxygens (including phenoxy) is 2.